The molecule has 0 spiro atoms. The number of hydrogen-bond acceptors (Lipinski definition) is 5. The van der Waals surface area contributed by atoms with E-state index in [1.165, 1.54) is 13.0 Å². The molecule has 128 valence electrons. The van der Waals surface area contributed by atoms with Gasteiger partial charge in [-0.05, 0) is 50.2 Å². The Balaban J connectivity index is 1.73. The number of fused-ring (bicyclic) bond motifs is 1. The molecule has 1 aliphatic heterocycles. The quantitative estimate of drug-likeness (QED) is 0.734. The molecule has 1 aromatic carbocycles. The van der Waals surface area contributed by atoms with Gasteiger partial charge in [0, 0.05) is 43.5 Å². The molecule has 0 saturated carbocycles. The molecular formula is C20H23N5. The molecule has 3 aromatic rings. The number of anilines is 1. The summed E-state index contributed by atoms with van der Waals surface area (Å²) in [6, 6.07) is 12.2. The average Bonchev–Trinajstić information content (AvgIpc) is 3.06. The Labute approximate surface area is 148 Å². The monoisotopic (exact) mass is 333 g/mol. The van der Waals surface area contributed by atoms with Crippen molar-refractivity contribution >= 4 is 16.7 Å². The van der Waals surface area contributed by atoms with Crippen LogP contribution in [-0.4, -0.2) is 53.6 Å². The van der Waals surface area contributed by atoms with Gasteiger partial charge in [-0.25, -0.2) is 9.97 Å². The molecule has 0 bridgehead atoms. The molecule has 4 rings (SSSR count). The summed E-state index contributed by atoms with van der Waals surface area (Å²) in [5, 5.41) is 1.10. The van der Waals surface area contributed by atoms with Crippen LogP contribution >= 0.6 is 0 Å². The van der Waals surface area contributed by atoms with E-state index in [2.05, 4.69) is 47.1 Å². The summed E-state index contributed by atoms with van der Waals surface area (Å²) < 4.78 is 0. The highest BCUT2D eigenvalue weighted by Gasteiger charge is 2.22. The second-order valence-corrected chi connectivity index (χ2v) is 6.93. The Morgan fingerprint density at radius 2 is 2.04 bits per heavy atom. The lowest BCUT2D eigenvalue weighted by atomic mass is 10.1. The minimum atomic E-state index is 0.686. The van der Waals surface area contributed by atoms with Crippen molar-refractivity contribution < 1.29 is 0 Å². The number of nitrogens with zero attached hydrogens (tertiary/aromatic N) is 5. The molecule has 1 aliphatic rings. The van der Waals surface area contributed by atoms with Gasteiger partial charge < -0.3 is 9.80 Å². The first kappa shape index (κ1) is 16.0. The normalized spacial score (nSPS) is 17.9. The summed E-state index contributed by atoms with van der Waals surface area (Å²) in [6.07, 6.45) is 4.84. The third-order valence-electron chi connectivity index (χ3n) is 4.89. The summed E-state index contributed by atoms with van der Waals surface area (Å²) in [5.41, 5.74) is 1.92. The Morgan fingerprint density at radius 1 is 1.16 bits per heavy atom. The molecule has 5 heteroatoms. The Morgan fingerprint density at radius 3 is 2.80 bits per heavy atom. The lowest BCUT2D eigenvalue weighted by Gasteiger charge is -2.24. The van der Waals surface area contributed by atoms with Crippen molar-refractivity contribution in [1.29, 1.82) is 0 Å². The Hall–Kier alpha value is -2.53. The van der Waals surface area contributed by atoms with Gasteiger partial charge in [0.15, 0.2) is 5.82 Å². The van der Waals surface area contributed by atoms with E-state index in [9.17, 15) is 0 Å². The van der Waals surface area contributed by atoms with Crippen LogP contribution in [0.25, 0.3) is 22.3 Å². The number of pyridine rings is 1. The van der Waals surface area contributed by atoms with Gasteiger partial charge in [-0.3, -0.25) is 4.98 Å². The second kappa shape index (κ2) is 6.76. The molecule has 0 radical (unpaired) electrons. The molecule has 0 amide bonds. The number of rotatable bonds is 4. The first-order valence-electron chi connectivity index (χ1n) is 8.77. The first-order valence-corrected chi connectivity index (χ1v) is 8.77. The number of likely N-dealkylation sites (tertiary alicyclic amines) is 1. The zero-order valence-electron chi connectivity index (χ0n) is 14.8. The molecule has 1 saturated heterocycles. The minimum absolute atomic E-state index is 0.686. The number of aromatic nitrogens is 3. The van der Waals surface area contributed by atoms with E-state index < -0.39 is 0 Å². The highest BCUT2D eigenvalue weighted by atomic mass is 15.2. The standard InChI is InChI=1S/C20H23N5/c1-24-11-9-15(13-24)14-25(2)20-17-7-3-4-8-18(17)22-19(23-20)16-6-5-10-21-12-16/h3-8,10,12,15H,9,11,13-14H2,1-2H3. The van der Waals surface area contributed by atoms with Gasteiger partial charge in [-0.1, -0.05) is 12.1 Å². The van der Waals surface area contributed by atoms with E-state index in [-0.39, 0.29) is 0 Å². The van der Waals surface area contributed by atoms with Gasteiger partial charge in [0.2, 0.25) is 0 Å². The van der Waals surface area contributed by atoms with Crippen LogP contribution < -0.4 is 4.90 Å². The molecule has 25 heavy (non-hydrogen) atoms. The average molecular weight is 333 g/mol. The maximum absolute atomic E-state index is 4.89. The summed E-state index contributed by atoms with van der Waals surface area (Å²) in [7, 11) is 4.33. The molecule has 2 aromatic heterocycles. The van der Waals surface area contributed by atoms with Crippen LogP contribution in [0.1, 0.15) is 6.42 Å². The topological polar surface area (TPSA) is 45.2 Å². The van der Waals surface area contributed by atoms with E-state index in [1.807, 2.05) is 24.4 Å². The molecule has 0 N–H and O–H groups in total. The summed E-state index contributed by atoms with van der Waals surface area (Å²) in [6.45, 7) is 3.35. The van der Waals surface area contributed by atoms with Crippen LogP contribution in [0.5, 0.6) is 0 Å². The lowest BCUT2D eigenvalue weighted by Crippen LogP contribution is -2.28. The zero-order valence-corrected chi connectivity index (χ0v) is 14.8. The molecular weight excluding hydrogens is 310 g/mol. The Bertz CT molecular complexity index is 864. The largest absolute Gasteiger partial charge is 0.359 e. The third kappa shape index (κ3) is 3.33. The van der Waals surface area contributed by atoms with Crippen LogP contribution in [0.3, 0.4) is 0 Å². The lowest BCUT2D eigenvalue weighted by molar-refractivity contribution is 0.396. The van der Waals surface area contributed by atoms with Crippen molar-refractivity contribution in [2.24, 2.45) is 5.92 Å². The SMILES string of the molecule is CN1CCC(CN(C)c2nc(-c3cccnc3)nc3ccccc23)C1. The minimum Gasteiger partial charge on any atom is -0.359 e. The van der Waals surface area contributed by atoms with E-state index in [0.717, 1.165) is 41.2 Å². The first-order chi connectivity index (χ1) is 12.2. The maximum atomic E-state index is 4.89. The Kier molecular flexibility index (Phi) is 4.32. The number of benzene rings is 1. The molecule has 5 nitrogen and oxygen atoms in total. The third-order valence-corrected chi connectivity index (χ3v) is 4.89. The predicted octanol–water partition coefficient (Wildman–Crippen LogP) is 3.08. The van der Waals surface area contributed by atoms with Crippen molar-refractivity contribution in [1.82, 2.24) is 19.9 Å². The summed E-state index contributed by atoms with van der Waals surface area (Å²) in [5.74, 6) is 2.42. The van der Waals surface area contributed by atoms with E-state index in [1.54, 1.807) is 6.20 Å². The number of para-hydroxylation sites is 1. The van der Waals surface area contributed by atoms with Crippen molar-refractivity contribution in [2.45, 2.75) is 6.42 Å². The van der Waals surface area contributed by atoms with Gasteiger partial charge >= 0.3 is 0 Å². The van der Waals surface area contributed by atoms with E-state index >= 15 is 0 Å². The van der Waals surface area contributed by atoms with Crippen LogP contribution in [0.2, 0.25) is 0 Å². The molecule has 3 heterocycles. The summed E-state index contributed by atoms with van der Waals surface area (Å²) >= 11 is 0. The zero-order chi connectivity index (χ0) is 17.2. The van der Waals surface area contributed by atoms with Gasteiger partial charge in [0.05, 0.1) is 5.52 Å². The van der Waals surface area contributed by atoms with Crippen LogP contribution in [-0.2, 0) is 0 Å². The van der Waals surface area contributed by atoms with Gasteiger partial charge in [-0.2, -0.15) is 0 Å². The number of hydrogen-bond donors (Lipinski definition) is 0. The van der Waals surface area contributed by atoms with Crippen molar-refractivity contribution in [3.63, 3.8) is 0 Å². The summed E-state index contributed by atoms with van der Waals surface area (Å²) in [4.78, 5) is 18.5. The van der Waals surface area contributed by atoms with Crippen LogP contribution in [0.15, 0.2) is 48.8 Å². The van der Waals surface area contributed by atoms with Gasteiger partial charge in [0.1, 0.15) is 5.82 Å². The van der Waals surface area contributed by atoms with E-state index in [4.69, 9.17) is 9.97 Å². The smallest absolute Gasteiger partial charge is 0.163 e. The van der Waals surface area contributed by atoms with Crippen molar-refractivity contribution in [3.05, 3.63) is 48.8 Å². The van der Waals surface area contributed by atoms with E-state index in [0.29, 0.717) is 5.92 Å². The molecule has 0 aliphatic carbocycles. The van der Waals surface area contributed by atoms with Crippen LogP contribution in [0.4, 0.5) is 5.82 Å². The predicted molar refractivity (Wildman–Crippen MR) is 102 cm³/mol. The fourth-order valence-electron chi connectivity index (χ4n) is 3.62. The molecule has 1 fully saturated rings. The molecule has 1 atom stereocenters. The molecule has 1 unspecified atom stereocenters. The van der Waals surface area contributed by atoms with Gasteiger partial charge in [-0.15, -0.1) is 0 Å². The van der Waals surface area contributed by atoms with Crippen molar-refractivity contribution in [3.8, 4) is 11.4 Å². The second-order valence-electron chi connectivity index (χ2n) is 6.93. The fraction of sp³-hybridized carbons (Fsp3) is 0.350. The maximum Gasteiger partial charge on any atom is 0.163 e. The van der Waals surface area contributed by atoms with Crippen molar-refractivity contribution in [2.75, 3.05) is 38.6 Å². The van der Waals surface area contributed by atoms with Gasteiger partial charge in [0.25, 0.3) is 0 Å². The fourth-order valence-corrected chi connectivity index (χ4v) is 3.62. The highest BCUT2D eigenvalue weighted by Crippen LogP contribution is 2.28. The highest BCUT2D eigenvalue weighted by molar-refractivity contribution is 5.90. The van der Waals surface area contributed by atoms with Crippen LogP contribution in [0, 0.1) is 5.92 Å².